The molecular formula is C31H36FN5O5. The van der Waals surface area contributed by atoms with Crippen molar-refractivity contribution in [3.63, 3.8) is 0 Å². The van der Waals surface area contributed by atoms with Crippen molar-refractivity contribution in [2.75, 3.05) is 45.7 Å². The SMILES string of the molecule is CNC(=O)CN1CCC(COc2cc3nccc(Cc4ccc(NC(=O)C5(C(N)=O)CC5)cc4F)c3cc2OC)CC1. The van der Waals surface area contributed by atoms with Gasteiger partial charge in [0.15, 0.2) is 11.5 Å². The third-order valence-corrected chi connectivity index (χ3v) is 8.29. The van der Waals surface area contributed by atoms with E-state index in [0.717, 1.165) is 36.9 Å². The highest BCUT2D eigenvalue weighted by Gasteiger charge is 2.55. The minimum Gasteiger partial charge on any atom is -0.493 e. The van der Waals surface area contributed by atoms with Gasteiger partial charge in [-0.2, -0.15) is 0 Å². The molecule has 0 bridgehead atoms. The Hall–Kier alpha value is -4.25. The summed E-state index contributed by atoms with van der Waals surface area (Å²) in [5.41, 5.74) is 6.46. The van der Waals surface area contributed by atoms with Gasteiger partial charge in [-0.15, -0.1) is 0 Å². The average Bonchev–Trinajstić information content (AvgIpc) is 3.80. The van der Waals surface area contributed by atoms with E-state index in [9.17, 15) is 14.4 Å². The number of hydrogen-bond donors (Lipinski definition) is 3. The van der Waals surface area contributed by atoms with Crippen LogP contribution in [-0.4, -0.2) is 68.0 Å². The number of amides is 3. The average molecular weight is 578 g/mol. The van der Waals surface area contributed by atoms with Crippen LogP contribution in [0.3, 0.4) is 0 Å². The lowest BCUT2D eigenvalue weighted by molar-refractivity contribution is -0.132. The van der Waals surface area contributed by atoms with E-state index >= 15 is 4.39 Å². The van der Waals surface area contributed by atoms with E-state index < -0.39 is 23.0 Å². The van der Waals surface area contributed by atoms with E-state index in [1.165, 1.54) is 6.07 Å². The number of pyridine rings is 1. The Morgan fingerprint density at radius 3 is 2.50 bits per heavy atom. The molecule has 2 fully saturated rings. The van der Waals surface area contributed by atoms with E-state index in [1.54, 1.807) is 32.5 Å². The number of piperidine rings is 1. The summed E-state index contributed by atoms with van der Waals surface area (Å²) in [5, 5.41) is 6.10. The van der Waals surface area contributed by atoms with Gasteiger partial charge < -0.3 is 25.8 Å². The van der Waals surface area contributed by atoms with Crippen LogP contribution in [0, 0.1) is 17.2 Å². The summed E-state index contributed by atoms with van der Waals surface area (Å²) in [7, 11) is 3.23. The lowest BCUT2D eigenvalue weighted by Crippen LogP contribution is -2.41. The Bertz CT molecular complexity index is 1500. The third kappa shape index (κ3) is 6.30. The van der Waals surface area contributed by atoms with Crippen LogP contribution in [0.4, 0.5) is 10.1 Å². The number of rotatable bonds is 11. The maximum atomic E-state index is 15.1. The van der Waals surface area contributed by atoms with Crippen molar-refractivity contribution >= 4 is 34.3 Å². The van der Waals surface area contributed by atoms with Gasteiger partial charge in [-0.3, -0.25) is 24.3 Å². The molecule has 10 nitrogen and oxygen atoms in total. The van der Waals surface area contributed by atoms with Crippen LogP contribution in [-0.2, 0) is 20.8 Å². The Balaban J connectivity index is 1.26. The molecule has 3 amide bonds. The summed E-state index contributed by atoms with van der Waals surface area (Å²) < 4.78 is 27.0. The standard InChI is InChI=1S/C31H36FN5O5/c1-34-28(38)17-37-11-6-19(7-12-37)18-42-27-16-25-23(15-26(27)41-2)20(5-10-35-25)13-21-3-4-22(14-24(21)32)36-30(40)31(8-9-31)29(33)39/h3-5,10,14-16,19H,6-9,11-13,17-18H2,1-2H3,(H2,33,39)(H,34,38)(H,36,40). The number of nitrogens with zero attached hydrogens (tertiary/aromatic N) is 2. The molecule has 1 aliphatic heterocycles. The number of halogens is 1. The smallest absolute Gasteiger partial charge is 0.240 e. The Kier molecular flexibility index (Phi) is 8.58. The van der Waals surface area contributed by atoms with Crippen LogP contribution in [0.5, 0.6) is 11.5 Å². The van der Waals surface area contributed by atoms with Crippen molar-refractivity contribution in [2.45, 2.75) is 32.1 Å². The van der Waals surface area contributed by atoms with Crippen molar-refractivity contribution in [3.05, 3.63) is 59.5 Å². The van der Waals surface area contributed by atoms with Crippen molar-refractivity contribution < 1.29 is 28.2 Å². The Morgan fingerprint density at radius 2 is 1.86 bits per heavy atom. The largest absolute Gasteiger partial charge is 0.493 e. The molecule has 0 atom stereocenters. The number of primary amides is 1. The number of anilines is 1. The molecule has 1 saturated heterocycles. The second kappa shape index (κ2) is 12.3. The molecule has 5 rings (SSSR count). The number of carbonyl (C=O) groups excluding carboxylic acids is 3. The molecule has 0 unspecified atom stereocenters. The van der Waals surface area contributed by atoms with Crippen molar-refractivity contribution in [2.24, 2.45) is 17.1 Å². The molecule has 222 valence electrons. The summed E-state index contributed by atoms with van der Waals surface area (Å²) in [6.07, 6.45) is 4.66. The molecule has 0 spiro atoms. The van der Waals surface area contributed by atoms with Crippen LogP contribution in [0.2, 0.25) is 0 Å². The Labute approximate surface area is 243 Å². The molecular weight excluding hydrogens is 541 g/mol. The normalized spacial score (nSPS) is 16.5. The topological polar surface area (TPSA) is 136 Å². The Morgan fingerprint density at radius 1 is 1.10 bits per heavy atom. The number of hydrogen-bond acceptors (Lipinski definition) is 7. The van der Waals surface area contributed by atoms with Gasteiger partial charge in [0.25, 0.3) is 0 Å². The quantitative estimate of drug-likeness (QED) is 0.298. The molecule has 42 heavy (non-hydrogen) atoms. The van der Waals surface area contributed by atoms with Crippen LogP contribution in [0.1, 0.15) is 36.8 Å². The van der Waals surface area contributed by atoms with Crippen LogP contribution >= 0.6 is 0 Å². The van der Waals surface area contributed by atoms with Gasteiger partial charge in [-0.1, -0.05) is 6.07 Å². The zero-order chi connectivity index (χ0) is 29.9. The zero-order valence-corrected chi connectivity index (χ0v) is 23.9. The number of carbonyl (C=O) groups is 3. The molecule has 1 saturated carbocycles. The second-order valence-corrected chi connectivity index (χ2v) is 11.1. The number of likely N-dealkylation sites (N-methyl/N-ethyl adjacent to an activating group) is 1. The van der Waals surface area contributed by atoms with Crippen LogP contribution in [0.15, 0.2) is 42.6 Å². The summed E-state index contributed by atoms with van der Waals surface area (Å²) in [6.45, 7) is 2.64. The number of likely N-dealkylation sites (tertiary alicyclic amines) is 1. The highest BCUT2D eigenvalue weighted by atomic mass is 19.1. The van der Waals surface area contributed by atoms with Crippen LogP contribution < -0.4 is 25.8 Å². The minimum atomic E-state index is -1.18. The number of benzene rings is 2. The summed E-state index contributed by atoms with van der Waals surface area (Å²) in [6, 6.07) is 10.0. The van der Waals surface area contributed by atoms with Gasteiger partial charge in [0.1, 0.15) is 11.2 Å². The number of nitrogens with one attached hydrogen (secondary N) is 2. The van der Waals surface area contributed by atoms with Gasteiger partial charge in [-0.05, 0) is 80.1 Å². The van der Waals surface area contributed by atoms with Crippen molar-refractivity contribution in [1.82, 2.24) is 15.2 Å². The first-order chi connectivity index (χ1) is 20.2. The van der Waals surface area contributed by atoms with E-state index in [-0.39, 0.29) is 11.6 Å². The van der Waals surface area contributed by atoms with E-state index in [4.69, 9.17) is 15.2 Å². The number of fused-ring (bicyclic) bond motifs is 1. The maximum Gasteiger partial charge on any atom is 0.240 e. The lowest BCUT2D eigenvalue weighted by atomic mass is 9.97. The number of aromatic nitrogens is 1. The summed E-state index contributed by atoms with van der Waals surface area (Å²) >= 11 is 0. The lowest BCUT2D eigenvalue weighted by Gasteiger charge is -2.31. The van der Waals surface area contributed by atoms with Gasteiger partial charge in [-0.25, -0.2) is 4.39 Å². The minimum absolute atomic E-state index is 0.0224. The summed E-state index contributed by atoms with van der Waals surface area (Å²) in [5.74, 6) is -0.0886. The first-order valence-electron chi connectivity index (χ1n) is 14.1. The fourth-order valence-electron chi connectivity index (χ4n) is 5.37. The zero-order valence-electron chi connectivity index (χ0n) is 23.9. The predicted octanol–water partition coefficient (Wildman–Crippen LogP) is 3.01. The monoisotopic (exact) mass is 577 g/mol. The van der Waals surface area contributed by atoms with Gasteiger partial charge >= 0.3 is 0 Å². The third-order valence-electron chi connectivity index (χ3n) is 8.29. The molecule has 2 heterocycles. The fourth-order valence-corrected chi connectivity index (χ4v) is 5.37. The molecule has 3 aromatic rings. The molecule has 11 heteroatoms. The number of ether oxygens (including phenoxy) is 2. The van der Waals surface area contributed by atoms with Gasteiger partial charge in [0.2, 0.25) is 17.7 Å². The van der Waals surface area contributed by atoms with Crippen molar-refractivity contribution in [3.8, 4) is 11.5 Å². The first kappa shape index (κ1) is 29.2. The highest BCUT2D eigenvalue weighted by Crippen LogP contribution is 2.46. The number of nitrogens with two attached hydrogens (primary N) is 1. The molecule has 0 radical (unpaired) electrons. The highest BCUT2D eigenvalue weighted by molar-refractivity contribution is 6.12. The molecule has 1 aromatic heterocycles. The number of methoxy groups -OCH3 is 1. The van der Waals surface area contributed by atoms with Gasteiger partial charge in [0, 0.05) is 36.8 Å². The first-order valence-corrected chi connectivity index (χ1v) is 14.1. The van der Waals surface area contributed by atoms with Crippen LogP contribution in [0.25, 0.3) is 10.9 Å². The van der Waals surface area contributed by atoms with E-state index in [2.05, 4.69) is 20.5 Å². The maximum absolute atomic E-state index is 15.1. The van der Waals surface area contributed by atoms with Gasteiger partial charge in [0.05, 0.1) is 25.8 Å². The predicted molar refractivity (Wildman–Crippen MR) is 156 cm³/mol. The van der Waals surface area contributed by atoms with E-state index in [1.807, 2.05) is 18.2 Å². The molecule has 4 N–H and O–H groups in total. The molecule has 2 aliphatic rings. The molecule has 2 aromatic carbocycles. The molecule has 1 aliphatic carbocycles. The fraction of sp³-hybridized carbons (Fsp3) is 0.419. The van der Waals surface area contributed by atoms with E-state index in [0.29, 0.717) is 60.9 Å². The van der Waals surface area contributed by atoms with Crippen molar-refractivity contribution in [1.29, 1.82) is 0 Å². The second-order valence-electron chi connectivity index (χ2n) is 11.1. The summed E-state index contributed by atoms with van der Waals surface area (Å²) in [4.78, 5) is 42.4.